The summed E-state index contributed by atoms with van der Waals surface area (Å²) < 4.78 is 81.0. The molecule has 1 heterocycles. The first kappa shape index (κ1) is 27.3. The molecule has 0 aliphatic heterocycles. The van der Waals surface area contributed by atoms with Crippen molar-refractivity contribution < 1.29 is 35.9 Å². The summed E-state index contributed by atoms with van der Waals surface area (Å²) in [6.45, 7) is 0.695. The van der Waals surface area contributed by atoms with E-state index in [1.165, 1.54) is 24.3 Å². The van der Waals surface area contributed by atoms with E-state index in [4.69, 9.17) is 0 Å². The SMILES string of the molecule is CC(O)(c1ccc2c(c1)CCC1C(CNC(=O)Cc3ccncc3)C21S(=O)(=O)c1ccc(F)cc1)C(F)(F)F. The van der Waals surface area contributed by atoms with E-state index in [1.807, 2.05) is 0 Å². The number of pyridine rings is 1. The Bertz CT molecular complexity index is 1510. The number of carbonyl (C=O) groups excluding carboxylic acids is 1. The molecule has 0 radical (unpaired) electrons. The van der Waals surface area contributed by atoms with Gasteiger partial charge in [0.2, 0.25) is 5.91 Å². The zero-order valence-electron chi connectivity index (χ0n) is 20.9. The molecule has 6 nitrogen and oxygen atoms in total. The van der Waals surface area contributed by atoms with Gasteiger partial charge in [-0.05, 0) is 84.3 Å². The van der Waals surface area contributed by atoms with Crippen LogP contribution in [0.15, 0.2) is 71.9 Å². The Morgan fingerprint density at radius 2 is 1.77 bits per heavy atom. The van der Waals surface area contributed by atoms with Crippen LogP contribution in [0.4, 0.5) is 17.6 Å². The summed E-state index contributed by atoms with van der Waals surface area (Å²) in [6, 6.07) is 11.5. The van der Waals surface area contributed by atoms with Crippen molar-refractivity contribution in [3.05, 3.63) is 95.1 Å². The van der Waals surface area contributed by atoms with Crippen molar-refractivity contribution in [3.63, 3.8) is 0 Å². The Kier molecular flexibility index (Phi) is 6.58. The first-order valence-corrected chi connectivity index (χ1v) is 13.9. The van der Waals surface area contributed by atoms with Gasteiger partial charge in [-0.25, -0.2) is 12.8 Å². The lowest BCUT2D eigenvalue weighted by atomic mass is 9.86. The highest BCUT2D eigenvalue weighted by Crippen LogP contribution is 2.69. The Morgan fingerprint density at radius 3 is 2.41 bits per heavy atom. The number of nitrogens with one attached hydrogen (secondary N) is 1. The number of benzene rings is 2. The van der Waals surface area contributed by atoms with Gasteiger partial charge in [0.1, 0.15) is 10.6 Å². The van der Waals surface area contributed by atoms with Gasteiger partial charge in [-0.3, -0.25) is 9.78 Å². The summed E-state index contributed by atoms with van der Waals surface area (Å²) in [5.41, 5.74) is -2.03. The maximum absolute atomic E-state index is 14.1. The fourth-order valence-electron chi connectivity index (χ4n) is 5.90. The minimum absolute atomic E-state index is 0.0382. The summed E-state index contributed by atoms with van der Waals surface area (Å²) >= 11 is 0. The zero-order chi connectivity index (χ0) is 28.2. The van der Waals surface area contributed by atoms with Crippen molar-refractivity contribution in [1.29, 1.82) is 0 Å². The van der Waals surface area contributed by atoms with Crippen LogP contribution >= 0.6 is 0 Å². The molecule has 5 rings (SSSR count). The molecular weight excluding hydrogens is 536 g/mol. The second-order valence-corrected chi connectivity index (χ2v) is 12.4. The first-order chi connectivity index (χ1) is 18.3. The van der Waals surface area contributed by atoms with Crippen LogP contribution in [0.5, 0.6) is 0 Å². The number of nitrogens with zero attached hydrogens (tertiary/aromatic N) is 1. The van der Waals surface area contributed by atoms with E-state index in [-0.39, 0.29) is 29.3 Å². The normalized spacial score (nSPS) is 23.7. The molecule has 0 bridgehead atoms. The number of sulfone groups is 1. The van der Waals surface area contributed by atoms with Crippen LogP contribution < -0.4 is 5.32 Å². The van der Waals surface area contributed by atoms with Gasteiger partial charge in [0.25, 0.3) is 0 Å². The Hall–Kier alpha value is -3.31. The number of hydrogen-bond donors (Lipinski definition) is 2. The van der Waals surface area contributed by atoms with E-state index >= 15 is 0 Å². The summed E-state index contributed by atoms with van der Waals surface area (Å²) in [7, 11) is -4.16. The van der Waals surface area contributed by atoms with Gasteiger partial charge < -0.3 is 10.4 Å². The molecule has 2 N–H and O–H groups in total. The largest absolute Gasteiger partial charge is 0.421 e. The van der Waals surface area contributed by atoms with Gasteiger partial charge in [0.05, 0.1) is 11.3 Å². The zero-order valence-corrected chi connectivity index (χ0v) is 21.7. The number of rotatable bonds is 7. The Balaban J connectivity index is 1.52. The molecule has 4 atom stereocenters. The highest BCUT2D eigenvalue weighted by Gasteiger charge is 2.74. The topological polar surface area (TPSA) is 96.4 Å². The summed E-state index contributed by atoms with van der Waals surface area (Å²) in [5, 5.41) is 13.0. The summed E-state index contributed by atoms with van der Waals surface area (Å²) in [6.07, 6.45) is -1.07. The maximum Gasteiger partial charge on any atom is 0.421 e. The minimum Gasteiger partial charge on any atom is -0.376 e. The highest BCUT2D eigenvalue weighted by atomic mass is 32.2. The van der Waals surface area contributed by atoms with E-state index in [2.05, 4.69) is 10.3 Å². The molecule has 11 heteroatoms. The van der Waals surface area contributed by atoms with Gasteiger partial charge in [-0.15, -0.1) is 0 Å². The third-order valence-electron chi connectivity index (χ3n) is 8.05. The smallest absolute Gasteiger partial charge is 0.376 e. The van der Waals surface area contributed by atoms with Crippen LogP contribution in [0, 0.1) is 17.7 Å². The standard InChI is InChI=1S/C28H26F4N2O4S/c1-26(36,28(30,31)32)19-3-9-22-18(15-19)2-8-23-24(16-34-25(35)14-17-10-12-33-13-11-17)27(22,23)39(37,38)21-6-4-20(29)5-7-21/h3-7,9-13,15,23-24,36H,2,8,14,16H2,1H3,(H,34,35). The van der Waals surface area contributed by atoms with Crippen LogP contribution in [0.2, 0.25) is 0 Å². The molecule has 4 unspecified atom stereocenters. The van der Waals surface area contributed by atoms with Crippen molar-refractivity contribution in [2.45, 2.75) is 47.6 Å². The van der Waals surface area contributed by atoms with Gasteiger partial charge >= 0.3 is 6.18 Å². The average molecular weight is 563 g/mol. The van der Waals surface area contributed by atoms with Gasteiger partial charge in [0, 0.05) is 24.9 Å². The molecule has 2 aliphatic rings. The Labute approximate surface area is 223 Å². The monoisotopic (exact) mass is 562 g/mol. The summed E-state index contributed by atoms with van der Waals surface area (Å²) in [4.78, 5) is 16.4. The number of aryl methyl sites for hydroxylation is 1. The van der Waals surface area contributed by atoms with E-state index in [9.17, 15) is 35.9 Å². The molecular formula is C28H26F4N2O4S. The van der Waals surface area contributed by atoms with Crippen LogP contribution in [0.3, 0.4) is 0 Å². The molecule has 2 aliphatic carbocycles. The van der Waals surface area contributed by atoms with E-state index in [0.29, 0.717) is 30.9 Å². The first-order valence-electron chi connectivity index (χ1n) is 12.4. The molecule has 0 spiro atoms. The number of alkyl halides is 3. The molecule has 206 valence electrons. The highest BCUT2D eigenvalue weighted by molar-refractivity contribution is 7.92. The third kappa shape index (κ3) is 4.41. The maximum atomic E-state index is 14.1. The van der Waals surface area contributed by atoms with Crippen molar-refractivity contribution in [2.75, 3.05) is 6.54 Å². The van der Waals surface area contributed by atoms with Crippen molar-refractivity contribution in [1.82, 2.24) is 10.3 Å². The number of hydrogen-bond acceptors (Lipinski definition) is 5. The molecule has 1 amide bonds. The number of aliphatic hydroxyl groups is 1. The van der Waals surface area contributed by atoms with Crippen LogP contribution in [0.25, 0.3) is 0 Å². The van der Waals surface area contributed by atoms with Gasteiger partial charge in [-0.2, -0.15) is 13.2 Å². The molecule has 0 saturated heterocycles. The fraction of sp³-hybridized carbons (Fsp3) is 0.357. The van der Waals surface area contributed by atoms with Crippen molar-refractivity contribution >= 4 is 15.7 Å². The third-order valence-corrected chi connectivity index (χ3v) is 10.7. The second-order valence-electron chi connectivity index (χ2n) is 10.3. The number of halogens is 4. The quantitative estimate of drug-likeness (QED) is 0.332. The number of fused-ring (bicyclic) bond motifs is 3. The minimum atomic E-state index is -4.93. The second kappa shape index (κ2) is 9.41. The van der Waals surface area contributed by atoms with E-state index < -0.39 is 44.0 Å². The van der Waals surface area contributed by atoms with Crippen LogP contribution in [-0.2, 0) is 37.8 Å². The van der Waals surface area contributed by atoms with E-state index in [1.54, 1.807) is 24.5 Å². The van der Waals surface area contributed by atoms with Crippen molar-refractivity contribution in [3.8, 4) is 0 Å². The number of aromatic nitrogens is 1. The Morgan fingerprint density at radius 1 is 1.10 bits per heavy atom. The molecule has 1 saturated carbocycles. The molecule has 2 aromatic carbocycles. The average Bonchev–Trinajstić information content (AvgIpc) is 3.57. The predicted molar refractivity (Wildman–Crippen MR) is 134 cm³/mol. The lowest BCUT2D eigenvalue weighted by Gasteiger charge is -2.31. The fourth-order valence-corrected chi connectivity index (χ4v) is 8.53. The van der Waals surface area contributed by atoms with Gasteiger partial charge in [-0.1, -0.05) is 18.2 Å². The van der Waals surface area contributed by atoms with E-state index in [0.717, 1.165) is 23.8 Å². The molecule has 3 aromatic rings. The molecule has 39 heavy (non-hydrogen) atoms. The van der Waals surface area contributed by atoms with Crippen LogP contribution in [0.1, 0.15) is 35.6 Å². The van der Waals surface area contributed by atoms with Crippen molar-refractivity contribution in [2.24, 2.45) is 11.8 Å². The number of amides is 1. The van der Waals surface area contributed by atoms with Crippen LogP contribution in [-0.4, -0.2) is 37.1 Å². The molecule has 1 aromatic heterocycles. The lowest BCUT2D eigenvalue weighted by Crippen LogP contribution is -2.39. The summed E-state index contributed by atoms with van der Waals surface area (Å²) in [5.74, 6) is -1.88. The predicted octanol–water partition coefficient (Wildman–Crippen LogP) is 4.21. The number of carbonyl (C=O) groups is 1. The van der Waals surface area contributed by atoms with Gasteiger partial charge in [0.15, 0.2) is 15.4 Å². The lowest BCUT2D eigenvalue weighted by molar-refractivity contribution is -0.258. The molecule has 1 fully saturated rings.